The quantitative estimate of drug-likeness (QED) is 0.773. The van der Waals surface area contributed by atoms with E-state index in [-0.39, 0.29) is 11.4 Å². The highest BCUT2D eigenvalue weighted by Gasteiger charge is 2.43. The average Bonchev–Trinajstić information content (AvgIpc) is 3.37. The number of anilines is 1. The van der Waals surface area contributed by atoms with Gasteiger partial charge in [0.2, 0.25) is 11.8 Å². The second kappa shape index (κ2) is 6.44. The van der Waals surface area contributed by atoms with E-state index in [1.54, 1.807) is 0 Å². The Bertz CT molecular complexity index is 656. The number of carbonyl (C=O) groups is 1. The summed E-state index contributed by atoms with van der Waals surface area (Å²) >= 11 is 0. The van der Waals surface area contributed by atoms with Crippen LogP contribution in [0.3, 0.4) is 0 Å². The molecule has 3 heterocycles. The first-order chi connectivity index (χ1) is 12.1. The predicted molar refractivity (Wildman–Crippen MR) is 94.5 cm³/mol. The maximum Gasteiger partial charge on any atom is 0.266 e. The first-order valence-corrected chi connectivity index (χ1v) is 9.30. The van der Waals surface area contributed by atoms with Crippen LogP contribution in [0.25, 0.3) is 0 Å². The van der Waals surface area contributed by atoms with Crippen LogP contribution in [0.4, 0.5) is 5.95 Å². The highest BCUT2D eigenvalue weighted by atomic mass is 16.5. The number of hydrogen-bond acceptors (Lipinski definition) is 6. The molecular formula is C18H27N5O2. The normalized spacial score (nSPS) is 28.4. The minimum absolute atomic E-state index is 0.00972. The molecule has 1 aromatic heterocycles. The fraction of sp³-hybridized carbons (Fsp3) is 0.722. The standard InChI is InChI=1S/C18H27N5O2/c1-3-9-22-10-8-18(7-6-15(22)24)13-23(12-11-21(18)2)17-19-16(25-20-17)14-4-5-14/h3,14H,1,4-13H2,2H3. The Hall–Kier alpha value is -1.89. The molecular weight excluding hydrogens is 318 g/mol. The second-order valence-electron chi connectivity index (χ2n) is 7.65. The van der Waals surface area contributed by atoms with E-state index in [1.165, 1.54) is 0 Å². The van der Waals surface area contributed by atoms with E-state index in [4.69, 9.17) is 4.52 Å². The summed E-state index contributed by atoms with van der Waals surface area (Å²) in [5.41, 5.74) is -0.00972. The lowest BCUT2D eigenvalue weighted by Gasteiger charge is -2.49. The van der Waals surface area contributed by atoms with Gasteiger partial charge in [-0.15, -0.1) is 6.58 Å². The molecule has 1 aliphatic carbocycles. The number of carbonyl (C=O) groups excluding carboxylic acids is 1. The number of piperazine rings is 1. The molecule has 4 rings (SSSR count). The Morgan fingerprint density at radius 3 is 2.92 bits per heavy atom. The molecule has 25 heavy (non-hydrogen) atoms. The first-order valence-electron chi connectivity index (χ1n) is 9.30. The molecule has 0 aromatic carbocycles. The van der Waals surface area contributed by atoms with E-state index in [0.29, 0.717) is 24.8 Å². The molecule has 1 saturated carbocycles. The monoisotopic (exact) mass is 345 g/mol. The summed E-state index contributed by atoms with van der Waals surface area (Å²) in [6.45, 7) is 7.88. The third kappa shape index (κ3) is 3.17. The predicted octanol–water partition coefficient (Wildman–Crippen LogP) is 1.64. The van der Waals surface area contributed by atoms with Gasteiger partial charge >= 0.3 is 0 Å². The number of likely N-dealkylation sites (tertiary alicyclic amines) is 1. The molecule has 2 aliphatic heterocycles. The van der Waals surface area contributed by atoms with Crippen LogP contribution in [-0.2, 0) is 4.79 Å². The molecule has 7 heteroatoms. The van der Waals surface area contributed by atoms with Gasteiger partial charge in [-0.05, 0) is 37.9 Å². The van der Waals surface area contributed by atoms with Crippen LogP contribution in [0.15, 0.2) is 17.2 Å². The number of aromatic nitrogens is 2. The molecule has 1 amide bonds. The molecule has 2 saturated heterocycles. The zero-order valence-corrected chi connectivity index (χ0v) is 15.0. The van der Waals surface area contributed by atoms with Gasteiger partial charge in [-0.1, -0.05) is 6.08 Å². The number of likely N-dealkylation sites (N-methyl/N-ethyl adjacent to an activating group) is 1. The van der Waals surface area contributed by atoms with Gasteiger partial charge < -0.3 is 14.3 Å². The molecule has 0 bridgehead atoms. The van der Waals surface area contributed by atoms with Crippen molar-refractivity contribution in [2.75, 3.05) is 44.7 Å². The fourth-order valence-corrected chi connectivity index (χ4v) is 4.06. The van der Waals surface area contributed by atoms with E-state index in [2.05, 4.69) is 33.6 Å². The Labute approximate surface area is 148 Å². The Balaban J connectivity index is 1.51. The SMILES string of the molecule is C=CCN1CCC2(CCC1=O)CN(c1noc(C3CC3)n1)CCN2C. The number of amides is 1. The largest absolute Gasteiger partial charge is 0.339 e. The summed E-state index contributed by atoms with van der Waals surface area (Å²) < 4.78 is 5.45. The third-order valence-corrected chi connectivity index (χ3v) is 5.99. The minimum Gasteiger partial charge on any atom is -0.339 e. The van der Waals surface area contributed by atoms with Gasteiger partial charge in [0.05, 0.1) is 0 Å². The Kier molecular flexibility index (Phi) is 4.27. The summed E-state index contributed by atoms with van der Waals surface area (Å²) in [6, 6.07) is 0. The summed E-state index contributed by atoms with van der Waals surface area (Å²) in [5.74, 6) is 2.22. The van der Waals surface area contributed by atoms with Crippen LogP contribution in [-0.4, -0.2) is 71.2 Å². The van der Waals surface area contributed by atoms with Crippen molar-refractivity contribution >= 4 is 11.9 Å². The molecule has 1 spiro atoms. The van der Waals surface area contributed by atoms with Gasteiger partial charge in [0.15, 0.2) is 0 Å². The van der Waals surface area contributed by atoms with Crippen LogP contribution in [0.2, 0.25) is 0 Å². The first kappa shape index (κ1) is 16.6. The summed E-state index contributed by atoms with van der Waals surface area (Å²) in [7, 11) is 2.18. The molecule has 136 valence electrons. The van der Waals surface area contributed by atoms with Gasteiger partial charge in [-0.25, -0.2) is 0 Å². The van der Waals surface area contributed by atoms with Gasteiger partial charge in [0.1, 0.15) is 0 Å². The van der Waals surface area contributed by atoms with Crippen LogP contribution >= 0.6 is 0 Å². The fourth-order valence-electron chi connectivity index (χ4n) is 4.06. The molecule has 1 aromatic rings. The lowest BCUT2D eigenvalue weighted by Crippen LogP contribution is -2.61. The lowest BCUT2D eigenvalue weighted by atomic mass is 9.86. The molecule has 3 aliphatic rings. The summed E-state index contributed by atoms with van der Waals surface area (Å²) in [4.78, 5) is 23.6. The van der Waals surface area contributed by atoms with E-state index in [1.807, 2.05) is 11.0 Å². The zero-order valence-electron chi connectivity index (χ0n) is 15.0. The molecule has 0 N–H and O–H groups in total. The Morgan fingerprint density at radius 2 is 2.16 bits per heavy atom. The summed E-state index contributed by atoms with van der Waals surface area (Å²) in [5, 5.41) is 4.22. The lowest BCUT2D eigenvalue weighted by molar-refractivity contribution is -0.130. The molecule has 1 atom stereocenters. The zero-order chi connectivity index (χ0) is 17.4. The molecule has 3 fully saturated rings. The van der Waals surface area contributed by atoms with Gasteiger partial charge in [0, 0.05) is 50.6 Å². The van der Waals surface area contributed by atoms with Gasteiger partial charge in [-0.2, -0.15) is 4.98 Å². The van der Waals surface area contributed by atoms with Crippen LogP contribution in [0.1, 0.15) is 43.9 Å². The maximum atomic E-state index is 12.4. The summed E-state index contributed by atoms with van der Waals surface area (Å²) in [6.07, 6.45) is 6.56. The topological polar surface area (TPSA) is 65.7 Å². The van der Waals surface area contributed by atoms with E-state index in [0.717, 1.165) is 57.8 Å². The number of nitrogens with zero attached hydrogens (tertiary/aromatic N) is 5. The van der Waals surface area contributed by atoms with Crippen molar-refractivity contribution in [2.24, 2.45) is 0 Å². The van der Waals surface area contributed by atoms with Crippen molar-refractivity contribution < 1.29 is 9.32 Å². The number of rotatable bonds is 4. The van der Waals surface area contributed by atoms with Crippen molar-refractivity contribution in [2.45, 2.75) is 43.6 Å². The van der Waals surface area contributed by atoms with Crippen molar-refractivity contribution in [3.8, 4) is 0 Å². The molecule has 0 radical (unpaired) electrons. The van der Waals surface area contributed by atoms with E-state index < -0.39 is 0 Å². The van der Waals surface area contributed by atoms with Crippen LogP contribution in [0, 0.1) is 0 Å². The molecule has 1 unspecified atom stereocenters. The van der Waals surface area contributed by atoms with Crippen molar-refractivity contribution in [3.05, 3.63) is 18.5 Å². The van der Waals surface area contributed by atoms with Crippen molar-refractivity contribution in [1.82, 2.24) is 19.9 Å². The van der Waals surface area contributed by atoms with E-state index in [9.17, 15) is 4.79 Å². The molecule has 7 nitrogen and oxygen atoms in total. The van der Waals surface area contributed by atoms with Gasteiger partial charge in [-0.3, -0.25) is 9.69 Å². The third-order valence-electron chi connectivity index (χ3n) is 5.99. The highest BCUT2D eigenvalue weighted by Crippen LogP contribution is 2.40. The van der Waals surface area contributed by atoms with Crippen LogP contribution in [0.5, 0.6) is 0 Å². The van der Waals surface area contributed by atoms with Gasteiger partial charge in [0.25, 0.3) is 5.95 Å². The van der Waals surface area contributed by atoms with Crippen LogP contribution < -0.4 is 4.90 Å². The van der Waals surface area contributed by atoms with Crippen molar-refractivity contribution in [3.63, 3.8) is 0 Å². The average molecular weight is 345 g/mol. The smallest absolute Gasteiger partial charge is 0.266 e. The van der Waals surface area contributed by atoms with E-state index >= 15 is 0 Å². The second-order valence-corrected chi connectivity index (χ2v) is 7.65. The minimum atomic E-state index is -0.00972. The Morgan fingerprint density at radius 1 is 1.32 bits per heavy atom. The highest BCUT2D eigenvalue weighted by molar-refractivity contribution is 5.76. The maximum absolute atomic E-state index is 12.4. The van der Waals surface area contributed by atoms with Crippen molar-refractivity contribution in [1.29, 1.82) is 0 Å². The number of hydrogen-bond donors (Lipinski definition) is 0.